The summed E-state index contributed by atoms with van der Waals surface area (Å²) in [6.07, 6.45) is 3.51. The molecular weight excluding hydrogens is 428 g/mol. The van der Waals surface area contributed by atoms with Gasteiger partial charge in [0, 0.05) is 62.6 Å². The van der Waals surface area contributed by atoms with Crippen LogP contribution in [0.2, 0.25) is 0 Å². The van der Waals surface area contributed by atoms with E-state index >= 15 is 0 Å². The third kappa shape index (κ3) is 4.87. The van der Waals surface area contributed by atoms with Crippen LogP contribution in [-0.4, -0.2) is 54.4 Å². The summed E-state index contributed by atoms with van der Waals surface area (Å²) in [6, 6.07) is 16.5. The molecule has 3 aromatic rings. The minimum Gasteiger partial charge on any atom is -0.353 e. The van der Waals surface area contributed by atoms with Crippen molar-refractivity contribution in [1.29, 1.82) is 0 Å². The highest BCUT2D eigenvalue weighted by atomic mass is 32.1. The van der Waals surface area contributed by atoms with Crippen LogP contribution in [0.5, 0.6) is 0 Å². The topological polar surface area (TPSA) is 48.5 Å². The number of hydrogen-bond donors (Lipinski definition) is 1. The number of nitrogens with zero attached hydrogens (tertiary/aromatic N) is 3. The molecule has 1 amide bonds. The van der Waals surface area contributed by atoms with Crippen molar-refractivity contribution in [2.75, 3.05) is 44.2 Å². The molecule has 0 bridgehead atoms. The van der Waals surface area contributed by atoms with Crippen molar-refractivity contribution < 1.29 is 4.79 Å². The molecule has 0 unspecified atom stereocenters. The average molecular weight is 459 g/mol. The van der Waals surface area contributed by atoms with Crippen LogP contribution in [0.3, 0.4) is 0 Å². The molecule has 5 nitrogen and oxygen atoms in total. The number of aryl methyl sites for hydroxylation is 1. The molecule has 33 heavy (non-hydrogen) atoms. The molecule has 1 aromatic heterocycles. The average Bonchev–Trinajstić information content (AvgIpc) is 3.24. The number of rotatable bonds is 7. The predicted octanol–water partition coefficient (Wildman–Crippen LogP) is 4.36. The van der Waals surface area contributed by atoms with Gasteiger partial charge in [-0.2, -0.15) is 4.37 Å². The summed E-state index contributed by atoms with van der Waals surface area (Å²) >= 11 is 1.58. The van der Waals surface area contributed by atoms with E-state index < -0.39 is 0 Å². The number of benzene rings is 2. The molecule has 0 radical (unpaired) electrons. The smallest absolute Gasteiger partial charge is 0.244 e. The molecule has 1 saturated heterocycles. The molecule has 0 spiro atoms. The molecule has 6 heteroatoms. The van der Waals surface area contributed by atoms with Crippen molar-refractivity contribution in [2.45, 2.75) is 6.92 Å². The fraction of sp³-hybridized carbons (Fsp3) is 0.333. The van der Waals surface area contributed by atoms with Gasteiger partial charge in [0.2, 0.25) is 5.91 Å². The predicted molar refractivity (Wildman–Crippen MR) is 138 cm³/mol. The van der Waals surface area contributed by atoms with Gasteiger partial charge in [-0.05, 0) is 47.8 Å². The van der Waals surface area contributed by atoms with Gasteiger partial charge in [-0.1, -0.05) is 48.6 Å². The third-order valence-electron chi connectivity index (χ3n) is 6.91. The Bertz CT molecular complexity index is 1190. The van der Waals surface area contributed by atoms with Crippen molar-refractivity contribution in [2.24, 2.45) is 11.8 Å². The first-order chi connectivity index (χ1) is 16.1. The number of hydrogen-bond acceptors (Lipinski definition) is 5. The van der Waals surface area contributed by atoms with Gasteiger partial charge in [0.25, 0.3) is 0 Å². The van der Waals surface area contributed by atoms with E-state index in [4.69, 9.17) is 4.37 Å². The minimum absolute atomic E-state index is 0.0409. The van der Waals surface area contributed by atoms with E-state index in [1.54, 1.807) is 17.6 Å². The lowest BCUT2D eigenvalue weighted by Gasteiger charge is -2.35. The lowest BCUT2D eigenvalue weighted by Crippen LogP contribution is -2.47. The number of anilines is 1. The van der Waals surface area contributed by atoms with Gasteiger partial charge in [-0.25, -0.2) is 0 Å². The Morgan fingerprint density at radius 2 is 1.88 bits per heavy atom. The molecule has 2 aromatic carbocycles. The van der Waals surface area contributed by atoms with Gasteiger partial charge in [-0.3, -0.25) is 9.69 Å². The van der Waals surface area contributed by atoms with Crippen molar-refractivity contribution >= 4 is 39.4 Å². The summed E-state index contributed by atoms with van der Waals surface area (Å²) in [5.74, 6) is 1.96. The van der Waals surface area contributed by atoms with Gasteiger partial charge in [-0.15, -0.1) is 0 Å². The molecule has 1 aliphatic carbocycles. The van der Waals surface area contributed by atoms with Crippen LogP contribution < -0.4 is 10.2 Å². The maximum atomic E-state index is 12.3. The van der Waals surface area contributed by atoms with E-state index in [0.717, 1.165) is 44.1 Å². The van der Waals surface area contributed by atoms with Crippen LogP contribution in [0.1, 0.15) is 11.1 Å². The number of amides is 1. The number of carbonyl (C=O) groups is 1. The van der Waals surface area contributed by atoms with Gasteiger partial charge in [0.15, 0.2) is 0 Å². The SMILES string of the molecule is C=C1[C@H](CNC(=O)/C=C/c2ccccc2C)[C@H]1CN1CCN(c2nsc3ccccc23)CC1. The normalized spacial score (nSPS) is 21.1. The maximum absolute atomic E-state index is 12.3. The number of nitrogens with one attached hydrogen (secondary N) is 1. The summed E-state index contributed by atoms with van der Waals surface area (Å²) in [7, 11) is 0. The van der Waals surface area contributed by atoms with Gasteiger partial charge >= 0.3 is 0 Å². The van der Waals surface area contributed by atoms with E-state index in [9.17, 15) is 4.79 Å². The highest BCUT2D eigenvalue weighted by Crippen LogP contribution is 2.44. The zero-order valence-electron chi connectivity index (χ0n) is 19.0. The molecule has 1 aliphatic heterocycles. The second-order valence-electron chi connectivity index (χ2n) is 9.01. The molecule has 170 valence electrons. The van der Waals surface area contributed by atoms with E-state index in [2.05, 4.69) is 59.0 Å². The first-order valence-corrected chi connectivity index (χ1v) is 12.4. The Morgan fingerprint density at radius 3 is 2.70 bits per heavy atom. The minimum atomic E-state index is -0.0409. The summed E-state index contributed by atoms with van der Waals surface area (Å²) < 4.78 is 5.96. The monoisotopic (exact) mass is 458 g/mol. The molecule has 5 rings (SSSR count). The maximum Gasteiger partial charge on any atom is 0.244 e. The third-order valence-corrected chi connectivity index (χ3v) is 7.73. The summed E-state index contributed by atoms with van der Waals surface area (Å²) in [5, 5.41) is 4.32. The summed E-state index contributed by atoms with van der Waals surface area (Å²) in [6.45, 7) is 12.1. The number of carbonyl (C=O) groups excluding carboxylic acids is 1. The largest absolute Gasteiger partial charge is 0.353 e. The molecular formula is C27H30N4OS. The van der Waals surface area contributed by atoms with Crippen molar-refractivity contribution in [1.82, 2.24) is 14.6 Å². The van der Waals surface area contributed by atoms with Crippen LogP contribution in [-0.2, 0) is 4.79 Å². The highest BCUT2D eigenvalue weighted by molar-refractivity contribution is 7.13. The molecule has 2 atom stereocenters. The fourth-order valence-corrected chi connectivity index (χ4v) is 5.49. The van der Waals surface area contributed by atoms with Crippen molar-refractivity contribution in [3.8, 4) is 0 Å². The Hall–Kier alpha value is -2.96. The van der Waals surface area contributed by atoms with E-state index in [-0.39, 0.29) is 5.91 Å². The van der Waals surface area contributed by atoms with E-state index in [0.29, 0.717) is 18.4 Å². The Labute approximate surface area is 199 Å². The molecule has 2 aliphatic rings. The number of aromatic nitrogens is 1. The van der Waals surface area contributed by atoms with Crippen LogP contribution in [0.4, 0.5) is 5.82 Å². The Kier molecular flexibility index (Phi) is 6.29. The lowest BCUT2D eigenvalue weighted by atomic mass is 10.1. The van der Waals surface area contributed by atoms with Gasteiger partial charge in [0.05, 0.1) is 4.70 Å². The first kappa shape index (κ1) is 21.9. The van der Waals surface area contributed by atoms with Crippen LogP contribution >= 0.6 is 11.5 Å². The molecule has 1 saturated carbocycles. The summed E-state index contributed by atoms with van der Waals surface area (Å²) in [5.41, 5.74) is 3.51. The second-order valence-corrected chi connectivity index (χ2v) is 9.82. The highest BCUT2D eigenvalue weighted by Gasteiger charge is 2.43. The van der Waals surface area contributed by atoms with Crippen LogP contribution in [0.25, 0.3) is 16.2 Å². The Morgan fingerprint density at radius 1 is 1.12 bits per heavy atom. The van der Waals surface area contributed by atoms with Crippen LogP contribution in [0, 0.1) is 18.8 Å². The number of piperazine rings is 1. The zero-order valence-corrected chi connectivity index (χ0v) is 19.9. The molecule has 2 heterocycles. The fourth-order valence-electron chi connectivity index (χ4n) is 4.69. The molecule has 2 fully saturated rings. The van der Waals surface area contributed by atoms with E-state index in [1.165, 1.54) is 21.2 Å². The number of fused-ring (bicyclic) bond motifs is 1. The van der Waals surface area contributed by atoms with Gasteiger partial charge < -0.3 is 10.2 Å². The van der Waals surface area contributed by atoms with E-state index in [1.807, 2.05) is 24.3 Å². The van der Waals surface area contributed by atoms with Crippen molar-refractivity contribution in [3.63, 3.8) is 0 Å². The molecule has 1 N–H and O–H groups in total. The Balaban J connectivity index is 1.07. The van der Waals surface area contributed by atoms with Crippen LogP contribution in [0.15, 0.2) is 66.8 Å². The van der Waals surface area contributed by atoms with Crippen molar-refractivity contribution in [3.05, 3.63) is 77.9 Å². The lowest BCUT2D eigenvalue weighted by molar-refractivity contribution is -0.116. The zero-order chi connectivity index (χ0) is 22.8. The quantitative estimate of drug-likeness (QED) is 0.422. The van der Waals surface area contributed by atoms with Gasteiger partial charge in [0.1, 0.15) is 5.82 Å². The standard InChI is InChI=1S/C27H30N4OS/c1-19-7-3-4-8-21(19)11-12-26(32)28-17-23-20(2)24(23)18-30-13-15-31(16-14-30)27-22-9-5-6-10-25(22)33-29-27/h3-12,23-24H,2,13-18H2,1H3,(H,28,32)/b12-11+/t23-,24-/m0/s1. The summed E-state index contributed by atoms with van der Waals surface area (Å²) in [4.78, 5) is 17.2. The first-order valence-electron chi connectivity index (χ1n) is 11.6. The second kappa shape index (κ2) is 9.49.